The molecule has 0 aliphatic carbocycles. The van der Waals surface area contributed by atoms with Crippen LogP contribution >= 0.6 is 0 Å². The molecule has 0 spiro atoms. The van der Waals surface area contributed by atoms with E-state index < -0.39 is 16.6 Å². The number of ether oxygens (including phenoxy) is 2. The first-order valence-corrected chi connectivity index (χ1v) is 18.0. The summed E-state index contributed by atoms with van der Waals surface area (Å²) in [7, 11) is 4.32. The Bertz CT molecular complexity index is 413. The van der Waals surface area contributed by atoms with Gasteiger partial charge < -0.3 is 18.3 Å². The lowest BCUT2D eigenvalue weighted by Gasteiger charge is -2.34. The maximum absolute atomic E-state index is 5.44. The summed E-state index contributed by atoms with van der Waals surface area (Å²) in [5.41, 5.74) is 0.0920. The second kappa shape index (κ2) is 23.6. The zero-order valence-electron chi connectivity index (χ0n) is 26.0. The summed E-state index contributed by atoms with van der Waals surface area (Å²) in [6.07, 6.45) is 0. The number of rotatable bonds is 4. The van der Waals surface area contributed by atoms with E-state index in [0.717, 1.165) is 11.5 Å². The molecule has 200 valence electrons. The van der Waals surface area contributed by atoms with E-state index >= 15 is 0 Å². The molecule has 0 saturated heterocycles. The number of hydrogen-bond donors (Lipinski definition) is 0. The average Bonchev–Trinajstić information content (AvgIpc) is 2.69. The Morgan fingerprint density at radius 3 is 0.875 bits per heavy atom. The van der Waals surface area contributed by atoms with Crippen LogP contribution in [0.25, 0.3) is 0 Å². The zero-order chi connectivity index (χ0) is 28.0. The van der Waals surface area contributed by atoms with Crippen LogP contribution in [0.1, 0.15) is 76.2 Å². The molecule has 0 radical (unpaired) electrons. The van der Waals surface area contributed by atoms with Gasteiger partial charge in [-0.15, -0.1) is 0 Å². The summed E-state index contributed by atoms with van der Waals surface area (Å²) >= 11 is 0. The van der Waals surface area contributed by atoms with Gasteiger partial charge in [-0.05, 0) is 44.7 Å². The molecule has 0 aromatic rings. The number of hydrogen-bond acceptors (Lipinski definition) is 4. The molecule has 0 aliphatic rings. The van der Waals surface area contributed by atoms with E-state index in [4.69, 9.17) is 13.6 Å². The molecule has 6 heteroatoms. The molecule has 0 aromatic heterocycles. The Morgan fingerprint density at radius 2 is 0.875 bits per heavy atom. The summed E-state index contributed by atoms with van der Waals surface area (Å²) in [6.45, 7) is 40.9. The Balaban J connectivity index is -0.0000000680. The SMILES string of the molecule is C=C(C)OC.C=C(OC)C(C)(C)C.CC.CC.CO[Si](C)(C)C.CO[Si](C)(C)C(C)(C)C. The van der Waals surface area contributed by atoms with Crippen LogP contribution in [0.5, 0.6) is 0 Å². The van der Waals surface area contributed by atoms with Crippen molar-refractivity contribution in [2.75, 3.05) is 28.4 Å². The minimum absolute atomic E-state index is 0.0920. The maximum atomic E-state index is 5.44. The summed E-state index contributed by atoms with van der Waals surface area (Å²) in [5.74, 6) is 1.59. The lowest BCUT2D eigenvalue weighted by atomic mass is 9.95. The van der Waals surface area contributed by atoms with E-state index in [1.807, 2.05) is 34.8 Å². The second-order valence-electron chi connectivity index (χ2n) is 10.1. The van der Waals surface area contributed by atoms with Gasteiger partial charge in [-0.2, -0.15) is 0 Å². The highest BCUT2D eigenvalue weighted by molar-refractivity contribution is 6.74. The molecule has 32 heavy (non-hydrogen) atoms. The van der Waals surface area contributed by atoms with E-state index in [1.54, 1.807) is 28.3 Å². The van der Waals surface area contributed by atoms with Crippen LogP contribution in [0.4, 0.5) is 0 Å². The first kappa shape index (κ1) is 45.0. The van der Waals surface area contributed by atoms with Gasteiger partial charge in [0.2, 0.25) is 0 Å². The molecule has 0 rings (SSSR count). The highest BCUT2D eigenvalue weighted by Gasteiger charge is 2.35. The Kier molecular flexibility index (Phi) is 33.2. The molecule has 0 N–H and O–H groups in total. The minimum Gasteiger partial charge on any atom is -0.502 e. The van der Waals surface area contributed by atoms with Crippen molar-refractivity contribution in [2.24, 2.45) is 5.41 Å². The molecule has 0 aliphatic heterocycles. The van der Waals surface area contributed by atoms with E-state index in [1.165, 1.54) is 0 Å². The standard InChI is InChI=1S/C7H18OSi.C7H14O.C4H12OSi.C4H8O.2C2H6/c1-7(2,3)9(5,6)8-4;1-6(8-5)7(2,3)4;1-5-6(2,3)4;1-4(2)5-3;2*1-2/h1-6H3;1H2,2-5H3;1-4H3;1H2,2-3H3;2*1-2H3. The quantitative estimate of drug-likeness (QED) is 0.287. The Morgan fingerprint density at radius 1 is 0.625 bits per heavy atom. The van der Waals surface area contributed by atoms with Gasteiger partial charge in [-0.25, -0.2) is 0 Å². The van der Waals surface area contributed by atoms with Crippen molar-refractivity contribution < 1.29 is 18.3 Å². The zero-order valence-corrected chi connectivity index (χ0v) is 28.0. The Hall–Kier alpha value is -0.566. The summed E-state index contributed by atoms with van der Waals surface area (Å²) in [5, 5.41) is 0.363. The molecule has 0 heterocycles. The molecular formula is C26H64O4Si2. The van der Waals surface area contributed by atoms with Gasteiger partial charge in [0.05, 0.1) is 25.7 Å². The smallest absolute Gasteiger partial charge is 0.191 e. The monoisotopic (exact) mass is 496 g/mol. The lowest BCUT2D eigenvalue weighted by Crippen LogP contribution is -2.39. The molecule has 0 aromatic carbocycles. The fourth-order valence-electron chi connectivity index (χ4n) is 0.612. The van der Waals surface area contributed by atoms with Crippen molar-refractivity contribution in [3.8, 4) is 0 Å². The summed E-state index contributed by atoms with van der Waals surface area (Å²) in [6, 6.07) is 0. The van der Waals surface area contributed by atoms with Gasteiger partial charge in [-0.3, -0.25) is 0 Å². The van der Waals surface area contributed by atoms with Gasteiger partial charge in [0.15, 0.2) is 16.6 Å². The van der Waals surface area contributed by atoms with Crippen molar-refractivity contribution in [3.63, 3.8) is 0 Å². The summed E-state index contributed by atoms with van der Waals surface area (Å²) in [4.78, 5) is 0. The molecule has 0 amide bonds. The topological polar surface area (TPSA) is 36.9 Å². The lowest BCUT2D eigenvalue weighted by molar-refractivity contribution is 0.208. The van der Waals surface area contributed by atoms with Gasteiger partial charge >= 0.3 is 0 Å². The normalized spacial score (nSPS) is 10.4. The molecule has 4 nitrogen and oxygen atoms in total. The first-order chi connectivity index (χ1) is 14.1. The molecule has 0 atom stereocenters. The number of allylic oxidation sites excluding steroid dienone is 2. The summed E-state index contributed by atoms with van der Waals surface area (Å²) < 4.78 is 20.0. The van der Waals surface area contributed by atoms with Crippen molar-refractivity contribution >= 4 is 16.6 Å². The molecule has 0 bridgehead atoms. The predicted octanol–water partition coefficient (Wildman–Crippen LogP) is 9.52. The van der Waals surface area contributed by atoms with Crippen LogP contribution in [0.15, 0.2) is 24.7 Å². The van der Waals surface area contributed by atoms with Gasteiger partial charge in [-0.1, -0.05) is 82.4 Å². The number of methoxy groups -OCH3 is 2. The first-order valence-electron chi connectivity index (χ1n) is 11.7. The fraction of sp³-hybridized carbons (Fsp3) is 0.846. The third-order valence-corrected chi connectivity index (χ3v) is 10.2. The fourth-order valence-corrected chi connectivity index (χ4v) is 1.22. The maximum Gasteiger partial charge on any atom is 0.191 e. The van der Waals surface area contributed by atoms with Crippen molar-refractivity contribution in [1.29, 1.82) is 0 Å². The third kappa shape index (κ3) is 39.9. The van der Waals surface area contributed by atoms with E-state index in [0.29, 0.717) is 5.04 Å². The average molecular weight is 497 g/mol. The molecule has 0 unspecified atom stereocenters. The minimum atomic E-state index is -1.38. The van der Waals surface area contributed by atoms with Gasteiger partial charge in [0.25, 0.3) is 0 Å². The highest BCUT2D eigenvalue weighted by atomic mass is 28.4. The van der Waals surface area contributed by atoms with E-state index in [-0.39, 0.29) is 5.41 Å². The van der Waals surface area contributed by atoms with Crippen LogP contribution in [0, 0.1) is 5.41 Å². The molecule has 0 fully saturated rings. The van der Waals surface area contributed by atoms with Gasteiger partial charge in [0, 0.05) is 19.6 Å². The molecule has 0 saturated carbocycles. The highest BCUT2D eigenvalue weighted by Crippen LogP contribution is 2.35. The van der Waals surface area contributed by atoms with Crippen molar-refractivity contribution in [2.45, 2.75) is 114 Å². The van der Waals surface area contributed by atoms with E-state index in [9.17, 15) is 0 Å². The largest absolute Gasteiger partial charge is 0.502 e. The van der Waals surface area contributed by atoms with Crippen LogP contribution < -0.4 is 0 Å². The third-order valence-electron chi connectivity index (χ3n) is 4.36. The molecular weight excluding hydrogens is 432 g/mol. The van der Waals surface area contributed by atoms with Crippen LogP contribution in [-0.4, -0.2) is 45.1 Å². The van der Waals surface area contributed by atoms with Crippen molar-refractivity contribution in [1.82, 2.24) is 0 Å². The Labute approximate surface area is 207 Å². The van der Waals surface area contributed by atoms with Crippen LogP contribution in [-0.2, 0) is 18.3 Å². The van der Waals surface area contributed by atoms with Gasteiger partial charge in [0.1, 0.15) is 0 Å². The van der Waals surface area contributed by atoms with Crippen LogP contribution in [0.2, 0.25) is 37.8 Å². The van der Waals surface area contributed by atoms with Crippen molar-refractivity contribution in [3.05, 3.63) is 24.7 Å². The predicted molar refractivity (Wildman–Crippen MR) is 155 cm³/mol. The second-order valence-corrected chi connectivity index (χ2v) is 19.6. The van der Waals surface area contributed by atoms with E-state index in [2.05, 4.69) is 92.2 Å². The van der Waals surface area contributed by atoms with Crippen LogP contribution in [0.3, 0.4) is 0 Å².